The Morgan fingerprint density at radius 1 is 0.933 bits per heavy atom. The average Bonchev–Trinajstić information content (AvgIpc) is 3.11. The zero-order valence-corrected chi connectivity index (χ0v) is 17.1. The first-order valence-electron chi connectivity index (χ1n) is 9.31. The highest BCUT2D eigenvalue weighted by atomic mass is 19.1. The molecule has 1 fully saturated rings. The fourth-order valence-electron chi connectivity index (χ4n) is 3.65. The van der Waals surface area contributed by atoms with E-state index >= 15 is 0 Å². The summed E-state index contributed by atoms with van der Waals surface area (Å²) in [6, 6.07) is 3.95. The lowest BCUT2D eigenvalue weighted by Gasteiger charge is -2.30. The summed E-state index contributed by atoms with van der Waals surface area (Å²) in [5, 5.41) is 2.77. The van der Waals surface area contributed by atoms with Crippen molar-refractivity contribution in [1.29, 1.82) is 0 Å². The summed E-state index contributed by atoms with van der Waals surface area (Å²) in [6.45, 7) is 2.85. The fraction of sp³-hybridized carbons (Fsp3) is 0.500. The van der Waals surface area contributed by atoms with Crippen LogP contribution in [0.2, 0.25) is 0 Å². The molecule has 1 aliphatic rings. The molecule has 1 aromatic carbocycles. The average molecular weight is 425 g/mol. The molecular formula is C20H24FNO8. The second-order valence-electron chi connectivity index (χ2n) is 6.47. The van der Waals surface area contributed by atoms with Gasteiger partial charge in [-0.25, -0.2) is 14.0 Å². The van der Waals surface area contributed by atoms with Crippen molar-refractivity contribution in [3.63, 3.8) is 0 Å². The van der Waals surface area contributed by atoms with Crippen LogP contribution >= 0.6 is 0 Å². The number of hydrogen-bond acceptors (Lipinski definition) is 9. The van der Waals surface area contributed by atoms with Gasteiger partial charge in [-0.2, -0.15) is 0 Å². The van der Waals surface area contributed by atoms with E-state index in [9.17, 15) is 23.6 Å². The molecule has 0 aromatic heterocycles. The second kappa shape index (κ2) is 9.66. The topological polar surface area (TPSA) is 117 Å². The molecule has 164 valence electrons. The van der Waals surface area contributed by atoms with E-state index in [1.165, 1.54) is 26.0 Å². The van der Waals surface area contributed by atoms with Crippen molar-refractivity contribution in [2.24, 2.45) is 11.8 Å². The van der Waals surface area contributed by atoms with Crippen LogP contribution in [-0.2, 0) is 38.1 Å². The summed E-state index contributed by atoms with van der Waals surface area (Å²) in [5.74, 6) is -7.62. The van der Waals surface area contributed by atoms with Crippen molar-refractivity contribution in [1.82, 2.24) is 5.32 Å². The van der Waals surface area contributed by atoms with Crippen LogP contribution in [0, 0.1) is 17.7 Å². The zero-order chi connectivity index (χ0) is 22.5. The quantitative estimate of drug-likeness (QED) is 0.386. The van der Waals surface area contributed by atoms with E-state index in [0.29, 0.717) is 5.56 Å². The number of hydrogen-bond donors (Lipinski definition) is 1. The maximum Gasteiger partial charge on any atom is 0.339 e. The molecule has 0 amide bonds. The summed E-state index contributed by atoms with van der Waals surface area (Å²) >= 11 is 0. The number of halogens is 1. The number of ether oxygens (including phenoxy) is 4. The minimum atomic E-state index is -2.36. The van der Waals surface area contributed by atoms with Gasteiger partial charge in [0.25, 0.3) is 0 Å². The van der Waals surface area contributed by atoms with E-state index < -0.39 is 53.1 Å². The number of carbonyl (C=O) groups is 4. The highest BCUT2D eigenvalue weighted by Gasteiger charge is 2.69. The maximum absolute atomic E-state index is 13.4. The first-order valence-corrected chi connectivity index (χ1v) is 9.31. The van der Waals surface area contributed by atoms with E-state index in [0.717, 1.165) is 26.4 Å². The van der Waals surface area contributed by atoms with Crippen LogP contribution in [-0.4, -0.2) is 56.8 Å². The molecule has 30 heavy (non-hydrogen) atoms. The molecule has 0 unspecified atom stereocenters. The van der Waals surface area contributed by atoms with Crippen molar-refractivity contribution < 1.29 is 42.5 Å². The Kier molecular flexibility index (Phi) is 7.49. The van der Waals surface area contributed by atoms with Crippen LogP contribution in [0.3, 0.4) is 0 Å². The molecule has 1 heterocycles. The number of carbonyl (C=O) groups excluding carboxylic acids is 4. The van der Waals surface area contributed by atoms with Crippen LogP contribution in [0.25, 0.3) is 0 Å². The molecule has 0 spiro atoms. The van der Waals surface area contributed by atoms with Gasteiger partial charge in [-0.1, -0.05) is 12.1 Å². The van der Waals surface area contributed by atoms with Crippen LogP contribution in [0.4, 0.5) is 4.39 Å². The van der Waals surface area contributed by atoms with Gasteiger partial charge in [0.1, 0.15) is 11.7 Å². The lowest BCUT2D eigenvalue weighted by atomic mass is 9.77. The first-order chi connectivity index (χ1) is 14.3. The monoisotopic (exact) mass is 425 g/mol. The van der Waals surface area contributed by atoms with E-state index in [1.54, 1.807) is 0 Å². The second-order valence-corrected chi connectivity index (χ2v) is 6.47. The Morgan fingerprint density at radius 2 is 1.43 bits per heavy atom. The molecule has 0 radical (unpaired) electrons. The maximum atomic E-state index is 13.4. The summed E-state index contributed by atoms with van der Waals surface area (Å²) in [4.78, 5) is 51.5. The number of methoxy groups -OCH3 is 2. The van der Waals surface area contributed by atoms with Crippen molar-refractivity contribution in [2.45, 2.75) is 25.4 Å². The zero-order valence-electron chi connectivity index (χ0n) is 17.1. The number of rotatable bonds is 7. The molecule has 3 atom stereocenters. The highest BCUT2D eigenvalue weighted by Crippen LogP contribution is 2.45. The standard InChI is InChI=1S/C20H24FNO8/c1-5-29-18(25)20(19(26)30-6-2)14(17(24)28-4)13(16(23)27-3)15(22-20)11-7-9-12(21)10-8-11/h7-10,13-15,22H,5-6H2,1-4H3/t13-,14-,15-/m1/s1. The highest BCUT2D eigenvalue weighted by molar-refractivity contribution is 6.11. The number of nitrogens with one attached hydrogen (secondary N) is 1. The summed E-state index contributed by atoms with van der Waals surface area (Å²) in [6.07, 6.45) is 0. The summed E-state index contributed by atoms with van der Waals surface area (Å²) in [5.41, 5.74) is -2.02. The smallest absolute Gasteiger partial charge is 0.339 e. The molecule has 0 bridgehead atoms. The molecule has 0 aliphatic carbocycles. The van der Waals surface area contributed by atoms with Gasteiger partial charge in [-0.05, 0) is 31.5 Å². The first kappa shape index (κ1) is 23.3. The summed E-state index contributed by atoms with van der Waals surface area (Å²) < 4.78 is 33.2. The lowest BCUT2D eigenvalue weighted by molar-refractivity contribution is -0.175. The predicted molar refractivity (Wildman–Crippen MR) is 99.3 cm³/mol. The molecule has 1 saturated heterocycles. The van der Waals surface area contributed by atoms with Gasteiger partial charge < -0.3 is 18.9 Å². The van der Waals surface area contributed by atoms with Crippen molar-refractivity contribution in [3.05, 3.63) is 35.6 Å². The lowest BCUT2D eigenvalue weighted by Crippen LogP contribution is -2.62. The minimum absolute atomic E-state index is 0.0976. The van der Waals surface area contributed by atoms with Crippen molar-refractivity contribution >= 4 is 23.9 Å². The molecule has 1 aromatic rings. The SMILES string of the molecule is CCOC(=O)C1(C(=O)OCC)N[C@H](c2ccc(F)cc2)[C@H](C(=O)OC)[C@@H]1C(=O)OC. The van der Waals surface area contributed by atoms with Gasteiger partial charge in [0.15, 0.2) is 0 Å². The van der Waals surface area contributed by atoms with Gasteiger partial charge in [0, 0.05) is 6.04 Å². The molecular weight excluding hydrogens is 401 g/mol. The third-order valence-corrected chi connectivity index (χ3v) is 4.92. The van der Waals surface area contributed by atoms with Crippen LogP contribution in [0.15, 0.2) is 24.3 Å². The number of benzene rings is 1. The van der Waals surface area contributed by atoms with Gasteiger partial charge in [-0.3, -0.25) is 14.9 Å². The number of esters is 4. The Labute approximate surface area is 172 Å². The van der Waals surface area contributed by atoms with E-state index in [-0.39, 0.29) is 13.2 Å². The van der Waals surface area contributed by atoms with E-state index in [1.807, 2.05) is 0 Å². The third-order valence-electron chi connectivity index (χ3n) is 4.92. The van der Waals surface area contributed by atoms with Crippen molar-refractivity contribution in [3.8, 4) is 0 Å². The van der Waals surface area contributed by atoms with Crippen LogP contribution in [0.1, 0.15) is 25.5 Å². The molecule has 1 aliphatic heterocycles. The van der Waals surface area contributed by atoms with Gasteiger partial charge in [0.05, 0.1) is 33.4 Å². The molecule has 1 N–H and O–H groups in total. The Morgan fingerprint density at radius 3 is 1.87 bits per heavy atom. The summed E-state index contributed by atoms with van der Waals surface area (Å²) in [7, 11) is 2.16. The molecule has 2 rings (SSSR count). The van der Waals surface area contributed by atoms with Crippen LogP contribution < -0.4 is 5.32 Å². The predicted octanol–water partition coefficient (Wildman–Crippen LogP) is 0.913. The minimum Gasteiger partial charge on any atom is -0.469 e. The Hall–Kier alpha value is -3.01. The van der Waals surface area contributed by atoms with Crippen molar-refractivity contribution in [2.75, 3.05) is 27.4 Å². The molecule has 0 saturated carbocycles. The largest absolute Gasteiger partial charge is 0.469 e. The van der Waals surface area contributed by atoms with Gasteiger partial charge in [0.2, 0.25) is 5.54 Å². The fourth-order valence-corrected chi connectivity index (χ4v) is 3.65. The van der Waals surface area contributed by atoms with E-state index in [2.05, 4.69) is 5.32 Å². The van der Waals surface area contributed by atoms with E-state index in [4.69, 9.17) is 18.9 Å². The third kappa shape index (κ3) is 4.00. The van der Waals surface area contributed by atoms with Crippen LogP contribution in [0.5, 0.6) is 0 Å². The molecule has 10 heteroatoms. The Bertz CT molecular complexity index is 792. The molecule has 9 nitrogen and oxygen atoms in total. The Balaban J connectivity index is 2.75. The normalized spacial score (nSPS) is 22.1. The van der Waals surface area contributed by atoms with Gasteiger partial charge >= 0.3 is 23.9 Å². The van der Waals surface area contributed by atoms with Gasteiger partial charge in [-0.15, -0.1) is 0 Å².